The number of pyridine rings is 1. The summed E-state index contributed by atoms with van der Waals surface area (Å²) in [5.74, 6) is 0.396. The van der Waals surface area contributed by atoms with Gasteiger partial charge in [-0.1, -0.05) is 32.0 Å². The number of carbonyl (C=O) groups is 2. The molecule has 0 bridgehead atoms. The number of para-hydroxylation sites is 1. The Labute approximate surface area is 168 Å². The predicted molar refractivity (Wildman–Crippen MR) is 112 cm³/mol. The highest BCUT2D eigenvalue weighted by molar-refractivity contribution is 9.10. The van der Waals surface area contributed by atoms with Crippen LogP contribution in [0.2, 0.25) is 0 Å². The van der Waals surface area contributed by atoms with Gasteiger partial charge in [-0.25, -0.2) is 4.98 Å². The van der Waals surface area contributed by atoms with E-state index in [1.807, 2.05) is 24.3 Å². The van der Waals surface area contributed by atoms with Crippen molar-refractivity contribution in [3.63, 3.8) is 0 Å². The van der Waals surface area contributed by atoms with E-state index in [2.05, 4.69) is 45.4 Å². The van der Waals surface area contributed by atoms with Crippen LogP contribution in [0.1, 0.15) is 32.3 Å². The minimum Gasteiger partial charge on any atom is -0.324 e. The summed E-state index contributed by atoms with van der Waals surface area (Å²) < 4.78 is 0.838. The van der Waals surface area contributed by atoms with Crippen LogP contribution in [0.25, 0.3) is 0 Å². The number of hydrogen-bond acceptors (Lipinski definition) is 4. The van der Waals surface area contributed by atoms with Crippen molar-refractivity contribution in [2.45, 2.75) is 32.7 Å². The van der Waals surface area contributed by atoms with Crippen molar-refractivity contribution >= 4 is 39.2 Å². The number of carbonyl (C=O) groups excluding carboxylic acids is 2. The molecule has 0 saturated heterocycles. The summed E-state index contributed by atoms with van der Waals surface area (Å²) in [6.45, 7) is 6.03. The summed E-state index contributed by atoms with van der Waals surface area (Å²) in [5.41, 5.74) is 1.89. The number of anilines is 2. The lowest BCUT2D eigenvalue weighted by molar-refractivity contribution is -0.122. The molecule has 0 aliphatic carbocycles. The molecule has 2 amide bonds. The molecule has 2 N–H and O–H groups in total. The molecule has 2 aromatic rings. The Morgan fingerprint density at radius 1 is 1.11 bits per heavy atom. The highest BCUT2D eigenvalue weighted by Gasteiger charge is 2.21. The number of hydrogen-bond donors (Lipinski definition) is 2. The normalized spacial score (nSPS) is 12.1. The molecule has 0 aliphatic rings. The lowest BCUT2D eigenvalue weighted by Crippen LogP contribution is -2.43. The van der Waals surface area contributed by atoms with Gasteiger partial charge in [0, 0.05) is 16.4 Å². The van der Waals surface area contributed by atoms with Gasteiger partial charge in [0.05, 0.1) is 12.6 Å². The summed E-state index contributed by atoms with van der Waals surface area (Å²) in [5, 5.41) is 5.70. The van der Waals surface area contributed by atoms with Crippen LogP contribution >= 0.6 is 15.9 Å². The first-order valence-electron chi connectivity index (χ1n) is 8.79. The number of amides is 2. The smallest absolute Gasteiger partial charge is 0.241 e. The Bertz CT molecular complexity index is 793. The first-order valence-corrected chi connectivity index (χ1v) is 9.58. The molecular formula is C20H25BrN4O2. The van der Waals surface area contributed by atoms with Crippen LogP contribution < -0.4 is 10.6 Å². The Balaban J connectivity index is 1.94. The lowest BCUT2D eigenvalue weighted by Gasteiger charge is -2.24. The molecule has 1 atom stereocenters. The number of benzene rings is 1. The molecule has 27 heavy (non-hydrogen) atoms. The minimum absolute atomic E-state index is 0.0815. The third-order valence-corrected chi connectivity index (χ3v) is 4.74. The highest BCUT2D eigenvalue weighted by atomic mass is 79.9. The highest BCUT2D eigenvalue weighted by Crippen LogP contribution is 2.24. The molecule has 0 spiro atoms. The number of rotatable bonds is 7. The van der Waals surface area contributed by atoms with Crippen LogP contribution in [-0.2, 0) is 9.59 Å². The van der Waals surface area contributed by atoms with Gasteiger partial charge < -0.3 is 10.6 Å². The number of likely N-dealkylation sites (N-methyl/N-ethyl adjacent to an activating group) is 1. The van der Waals surface area contributed by atoms with Gasteiger partial charge in [0.15, 0.2) is 0 Å². The third-order valence-electron chi connectivity index (χ3n) is 4.27. The van der Waals surface area contributed by atoms with Gasteiger partial charge in [-0.2, -0.15) is 0 Å². The first kappa shape index (κ1) is 21.1. The van der Waals surface area contributed by atoms with E-state index in [1.165, 1.54) is 0 Å². The second-order valence-corrected chi connectivity index (χ2v) is 7.65. The predicted octanol–water partition coefficient (Wildman–Crippen LogP) is 3.87. The number of aromatic nitrogens is 1. The Hall–Kier alpha value is -2.25. The van der Waals surface area contributed by atoms with Gasteiger partial charge in [-0.05, 0) is 59.6 Å². The quantitative estimate of drug-likeness (QED) is 0.696. The van der Waals surface area contributed by atoms with Crippen molar-refractivity contribution in [3.8, 4) is 0 Å². The van der Waals surface area contributed by atoms with Crippen LogP contribution in [0.3, 0.4) is 0 Å². The first-order chi connectivity index (χ1) is 12.8. The van der Waals surface area contributed by atoms with Gasteiger partial charge in [0.25, 0.3) is 0 Å². The van der Waals surface area contributed by atoms with Gasteiger partial charge in [-0.15, -0.1) is 0 Å². The molecule has 0 radical (unpaired) electrons. The van der Waals surface area contributed by atoms with Gasteiger partial charge in [0.2, 0.25) is 11.8 Å². The standard InChI is InChI=1S/C20H25BrN4O2/c1-13(2)16-7-5-6-8-17(16)23-20(27)14(3)25(4)12-19(26)24-18-10-9-15(21)11-22-18/h5-11,13-14H,12H2,1-4H3,(H,23,27)(H,22,24,26). The Morgan fingerprint density at radius 3 is 2.44 bits per heavy atom. The number of nitrogens with zero attached hydrogens (tertiary/aromatic N) is 2. The van der Waals surface area contributed by atoms with Crippen molar-refractivity contribution in [1.29, 1.82) is 0 Å². The van der Waals surface area contributed by atoms with Gasteiger partial charge in [-0.3, -0.25) is 14.5 Å². The van der Waals surface area contributed by atoms with E-state index in [9.17, 15) is 9.59 Å². The fourth-order valence-corrected chi connectivity index (χ4v) is 2.78. The average molecular weight is 433 g/mol. The van der Waals surface area contributed by atoms with E-state index in [4.69, 9.17) is 0 Å². The van der Waals surface area contributed by atoms with Crippen LogP contribution in [0.5, 0.6) is 0 Å². The molecule has 144 valence electrons. The summed E-state index contributed by atoms with van der Waals surface area (Å²) in [4.78, 5) is 30.6. The van der Waals surface area contributed by atoms with Crippen molar-refractivity contribution in [2.75, 3.05) is 24.2 Å². The fourth-order valence-electron chi connectivity index (χ4n) is 2.55. The topological polar surface area (TPSA) is 74.3 Å². The zero-order chi connectivity index (χ0) is 20.0. The second-order valence-electron chi connectivity index (χ2n) is 6.73. The van der Waals surface area contributed by atoms with Crippen LogP contribution in [-0.4, -0.2) is 41.3 Å². The molecule has 1 unspecified atom stereocenters. The van der Waals surface area contributed by atoms with E-state index in [0.717, 1.165) is 15.7 Å². The third kappa shape index (κ3) is 6.15. The maximum Gasteiger partial charge on any atom is 0.241 e. The Morgan fingerprint density at radius 2 is 1.81 bits per heavy atom. The molecule has 6 nitrogen and oxygen atoms in total. The average Bonchev–Trinajstić information content (AvgIpc) is 2.63. The van der Waals surface area contributed by atoms with E-state index in [-0.39, 0.29) is 18.4 Å². The van der Waals surface area contributed by atoms with E-state index >= 15 is 0 Å². The van der Waals surface area contributed by atoms with Crippen LogP contribution in [0.15, 0.2) is 47.1 Å². The molecule has 1 heterocycles. The molecule has 2 rings (SSSR count). The zero-order valence-corrected chi connectivity index (χ0v) is 17.6. The molecule has 0 saturated carbocycles. The van der Waals surface area contributed by atoms with Crippen molar-refractivity contribution in [1.82, 2.24) is 9.88 Å². The maximum absolute atomic E-state index is 12.6. The van der Waals surface area contributed by atoms with E-state index in [0.29, 0.717) is 11.7 Å². The minimum atomic E-state index is -0.464. The molecule has 7 heteroatoms. The molecule has 1 aromatic carbocycles. The molecule has 0 fully saturated rings. The summed E-state index contributed by atoms with van der Waals surface area (Å²) in [6.07, 6.45) is 1.61. The van der Waals surface area contributed by atoms with E-state index in [1.54, 1.807) is 37.2 Å². The summed E-state index contributed by atoms with van der Waals surface area (Å²) in [6, 6.07) is 10.8. The van der Waals surface area contributed by atoms with E-state index < -0.39 is 6.04 Å². The molecule has 0 aliphatic heterocycles. The number of nitrogens with one attached hydrogen (secondary N) is 2. The SMILES string of the molecule is CC(C)c1ccccc1NC(=O)C(C)N(C)CC(=O)Nc1ccc(Br)cn1. The van der Waals surface area contributed by atoms with Gasteiger partial charge in [0.1, 0.15) is 5.82 Å². The van der Waals surface area contributed by atoms with Crippen LogP contribution in [0, 0.1) is 0 Å². The summed E-state index contributed by atoms with van der Waals surface area (Å²) in [7, 11) is 1.74. The largest absolute Gasteiger partial charge is 0.324 e. The van der Waals surface area contributed by atoms with Crippen molar-refractivity contribution in [2.24, 2.45) is 0 Å². The maximum atomic E-state index is 12.6. The Kier molecular flexibility index (Phi) is 7.50. The fraction of sp³-hybridized carbons (Fsp3) is 0.350. The summed E-state index contributed by atoms with van der Waals surface area (Å²) >= 11 is 3.30. The second kappa shape index (κ2) is 9.62. The van der Waals surface area contributed by atoms with Crippen molar-refractivity contribution < 1.29 is 9.59 Å². The lowest BCUT2D eigenvalue weighted by atomic mass is 10.0. The molecular weight excluding hydrogens is 408 g/mol. The molecule has 1 aromatic heterocycles. The zero-order valence-electron chi connectivity index (χ0n) is 16.0. The van der Waals surface area contributed by atoms with Crippen LogP contribution in [0.4, 0.5) is 11.5 Å². The van der Waals surface area contributed by atoms with Gasteiger partial charge >= 0.3 is 0 Å². The van der Waals surface area contributed by atoms with Crippen molar-refractivity contribution in [3.05, 3.63) is 52.6 Å². The monoisotopic (exact) mass is 432 g/mol. The number of halogens is 1.